The summed E-state index contributed by atoms with van der Waals surface area (Å²) in [7, 11) is 0. The molecule has 0 aromatic carbocycles. The molecule has 3 aliphatic rings. The molecule has 2 heteroatoms. The van der Waals surface area contributed by atoms with Gasteiger partial charge >= 0.3 is 128 Å². The molecule has 3 fully saturated rings. The molecule has 0 atom stereocenters. The van der Waals surface area contributed by atoms with Crippen LogP contribution in [0, 0.1) is 0 Å². The van der Waals surface area contributed by atoms with Crippen molar-refractivity contribution >= 4 is 32.4 Å². The Labute approximate surface area is 171 Å². The van der Waals surface area contributed by atoms with E-state index < -0.39 is 19.8 Å². The fraction of sp³-hybridized carbons (Fsp3) is 1.00. The molecular formula is C23H44SSn. The molecule has 0 aliphatic heterocycles. The van der Waals surface area contributed by atoms with Gasteiger partial charge in [-0.1, -0.05) is 26.2 Å². The van der Waals surface area contributed by atoms with E-state index in [9.17, 15) is 0 Å². The first kappa shape index (κ1) is 22.4. The average Bonchev–Trinajstić information content (AvgIpc) is 2.70. The topological polar surface area (TPSA) is 0 Å². The monoisotopic (exact) mass is 472 g/mol. The minimum Gasteiger partial charge on any atom is -0.793 e. The Morgan fingerprint density at radius 3 is 1.20 bits per heavy atom. The Morgan fingerprint density at radius 2 is 0.960 bits per heavy atom. The number of hydrogen-bond acceptors (Lipinski definition) is 1. The summed E-state index contributed by atoms with van der Waals surface area (Å²) in [4.78, 5) is 0. The SMILES string of the molecule is C1CC[CH]([Sn+]([CH]2CCCCC2)[CH]2CCCCC2)CC1.CCCCC[S-]. The Balaban J connectivity index is 0.000000326. The van der Waals surface area contributed by atoms with Gasteiger partial charge in [-0.25, -0.2) is 0 Å². The van der Waals surface area contributed by atoms with Crippen molar-refractivity contribution in [1.82, 2.24) is 0 Å². The summed E-state index contributed by atoms with van der Waals surface area (Å²) in [5.41, 5.74) is 0. The van der Waals surface area contributed by atoms with E-state index in [0.29, 0.717) is 0 Å². The standard InChI is InChI=1S/3C6H11.C5H12S.Sn/c3*1-2-4-6-5-3-1;1-2-3-4-5-6;/h3*1H,2-6H2;6H,2-5H2,1H3;/q;;;;+1/p-1. The molecule has 0 aromatic rings. The maximum atomic E-state index is 4.72. The van der Waals surface area contributed by atoms with E-state index in [0.717, 1.165) is 5.75 Å². The van der Waals surface area contributed by atoms with Gasteiger partial charge < -0.3 is 12.6 Å². The van der Waals surface area contributed by atoms with Crippen molar-refractivity contribution in [2.24, 2.45) is 0 Å². The van der Waals surface area contributed by atoms with Gasteiger partial charge in [-0.05, 0) is 0 Å². The maximum Gasteiger partial charge on any atom is -0.0554 e. The minimum absolute atomic E-state index is 0.938. The largest absolute Gasteiger partial charge is 0.793 e. The molecule has 0 radical (unpaired) electrons. The second-order valence-electron chi connectivity index (χ2n) is 8.92. The molecule has 3 saturated carbocycles. The summed E-state index contributed by atoms with van der Waals surface area (Å²) >= 11 is 3.57. The van der Waals surface area contributed by atoms with E-state index >= 15 is 0 Å². The van der Waals surface area contributed by atoms with Crippen molar-refractivity contribution in [1.29, 1.82) is 0 Å². The third-order valence-corrected chi connectivity index (χ3v) is 20.3. The van der Waals surface area contributed by atoms with Crippen LogP contribution in [0.25, 0.3) is 0 Å². The number of hydrogen-bond donors (Lipinski definition) is 0. The van der Waals surface area contributed by atoms with Crippen LogP contribution >= 0.6 is 0 Å². The molecule has 0 heterocycles. The zero-order chi connectivity index (χ0) is 17.7. The van der Waals surface area contributed by atoms with Gasteiger partial charge in [-0.15, -0.1) is 0 Å². The summed E-state index contributed by atoms with van der Waals surface area (Å²) in [6.07, 6.45) is 28.1. The summed E-state index contributed by atoms with van der Waals surface area (Å²) in [5, 5.41) is 0. The summed E-state index contributed by atoms with van der Waals surface area (Å²) in [5.74, 6) is 0.938. The van der Waals surface area contributed by atoms with Crippen LogP contribution in [0.2, 0.25) is 11.8 Å². The Bertz CT molecular complexity index is 254. The van der Waals surface area contributed by atoms with Gasteiger partial charge in [0.2, 0.25) is 0 Å². The van der Waals surface area contributed by atoms with E-state index in [2.05, 4.69) is 6.92 Å². The average molecular weight is 471 g/mol. The molecular weight excluding hydrogens is 427 g/mol. The third-order valence-electron chi connectivity index (χ3n) is 6.98. The number of rotatable bonds is 6. The second-order valence-corrected chi connectivity index (χ2v) is 19.2. The predicted octanol–water partition coefficient (Wildman–Crippen LogP) is 8.21. The van der Waals surface area contributed by atoms with Crippen LogP contribution in [0.4, 0.5) is 0 Å². The molecule has 3 aliphatic carbocycles. The molecule has 146 valence electrons. The van der Waals surface area contributed by atoms with Crippen LogP contribution in [-0.2, 0) is 12.6 Å². The summed E-state index contributed by atoms with van der Waals surface area (Å²) in [6, 6.07) is 0. The third kappa shape index (κ3) is 8.36. The van der Waals surface area contributed by atoms with Gasteiger partial charge in [0.15, 0.2) is 0 Å². The molecule has 0 nitrogen and oxygen atoms in total. The molecule has 0 unspecified atom stereocenters. The Kier molecular flexibility index (Phi) is 12.7. The zero-order valence-electron chi connectivity index (χ0n) is 17.1. The van der Waals surface area contributed by atoms with Crippen molar-refractivity contribution in [3.63, 3.8) is 0 Å². The van der Waals surface area contributed by atoms with Gasteiger partial charge in [0.05, 0.1) is 0 Å². The first-order valence-corrected chi connectivity index (χ1v) is 17.3. The normalized spacial score (nSPS) is 23.8. The van der Waals surface area contributed by atoms with Crippen LogP contribution in [0.15, 0.2) is 0 Å². The van der Waals surface area contributed by atoms with E-state index in [-0.39, 0.29) is 0 Å². The van der Waals surface area contributed by atoms with Crippen molar-refractivity contribution < 1.29 is 0 Å². The molecule has 0 bridgehead atoms. The smallest absolute Gasteiger partial charge is 0.0554 e. The van der Waals surface area contributed by atoms with E-state index in [1.807, 2.05) is 0 Å². The molecule has 0 N–H and O–H groups in total. The van der Waals surface area contributed by atoms with Crippen LogP contribution in [0.3, 0.4) is 0 Å². The van der Waals surface area contributed by atoms with Crippen molar-refractivity contribution in [3.05, 3.63) is 0 Å². The number of unbranched alkanes of at least 4 members (excludes halogenated alkanes) is 2. The Hall–Kier alpha value is 1.15. The fourth-order valence-electron chi connectivity index (χ4n) is 5.66. The molecule has 0 spiro atoms. The predicted molar refractivity (Wildman–Crippen MR) is 118 cm³/mol. The van der Waals surface area contributed by atoms with E-state index in [1.165, 1.54) is 31.1 Å². The minimum atomic E-state index is -1.15. The first-order valence-electron chi connectivity index (χ1n) is 11.8. The van der Waals surface area contributed by atoms with Crippen molar-refractivity contribution in [2.75, 3.05) is 5.75 Å². The van der Waals surface area contributed by atoms with Crippen molar-refractivity contribution in [2.45, 2.75) is 134 Å². The summed E-state index contributed by atoms with van der Waals surface area (Å²) in [6.45, 7) is 2.19. The first-order chi connectivity index (χ1) is 12.4. The molecule has 0 aromatic heterocycles. The van der Waals surface area contributed by atoms with Gasteiger partial charge in [0.1, 0.15) is 0 Å². The quantitative estimate of drug-likeness (QED) is 0.214. The van der Waals surface area contributed by atoms with Crippen LogP contribution in [0.5, 0.6) is 0 Å². The van der Waals surface area contributed by atoms with E-state index in [4.69, 9.17) is 12.6 Å². The van der Waals surface area contributed by atoms with Crippen LogP contribution in [0.1, 0.15) is 122 Å². The molecule has 3 rings (SSSR count). The van der Waals surface area contributed by atoms with Gasteiger partial charge in [0, 0.05) is 0 Å². The molecule has 0 saturated heterocycles. The van der Waals surface area contributed by atoms with E-state index in [1.54, 1.807) is 96.3 Å². The fourth-order valence-corrected chi connectivity index (χ4v) is 20.8. The van der Waals surface area contributed by atoms with Gasteiger partial charge in [0.25, 0.3) is 0 Å². The maximum absolute atomic E-state index is 4.72. The Morgan fingerprint density at radius 1 is 0.600 bits per heavy atom. The second kappa shape index (κ2) is 14.2. The van der Waals surface area contributed by atoms with Gasteiger partial charge in [-0.2, -0.15) is 5.75 Å². The zero-order valence-corrected chi connectivity index (χ0v) is 20.7. The molecule has 0 amide bonds. The molecule has 25 heavy (non-hydrogen) atoms. The van der Waals surface area contributed by atoms with Crippen LogP contribution in [-0.4, -0.2) is 25.5 Å². The van der Waals surface area contributed by atoms with Crippen molar-refractivity contribution in [3.8, 4) is 0 Å². The van der Waals surface area contributed by atoms with Gasteiger partial charge in [-0.3, -0.25) is 0 Å². The van der Waals surface area contributed by atoms with Crippen LogP contribution < -0.4 is 0 Å². The summed E-state index contributed by atoms with van der Waals surface area (Å²) < 4.78 is 3.96.